The number of halogens is 11. The van der Waals surface area contributed by atoms with Crippen molar-refractivity contribution in [3.8, 4) is 11.3 Å². The number of nitrogens with zero attached hydrogens (tertiary/aromatic N) is 4. The Morgan fingerprint density at radius 2 is 1.69 bits per heavy atom. The van der Waals surface area contributed by atoms with Crippen LogP contribution < -0.4 is 11.1 Å². The third kappa shape index (κ3) is 6.17. The van der Waals surface area contributed by atoms with E-state index >= 15 is 0 Å². The lowest BCUT2D eigenvalue weighted by Crippen LogP contribution is -2.43. The van der Waals surface area contributed by atoms with Crippen LogP contribution in [0.2, 0.25) is 5.02 Å². The minimum absolute atomic E-state index is 0.0153. The van der Waals surface area contributed by atoms with Gasteiger partial charge in [0.2, 0.25) is 5.91 Å². The molecule has 0 aliphatic carbocycles. The second-order valence-corrected chi connectivity index (χ2v) is 9.68. The molecular formula is C23H17ClF10N6O2. The van der Waals surface area contributed by atoms with Gasteiger partial charge < -0.3 is 16.0 Å². The van der Waals surface area contributed by atoms with Crippen molar-refractivity contribution in [1.29, 1.82) is 0 Å². The van der Waals surface area contributed by atoms with E-state index in [-0.39, 0.29) is 21.8 Å². The first-order chi connectivity index (χ1) is 19.3. The lowest BCUT2D eigenvalue weighted by molar-refractivity contribution is -0.284. The highest BCUT2D eigenvalue weighted by Crippen LogP contribution is 2.42. The molecule has 4 rings (SSSR count). The Hall–Kier alpha value is -3.83. The quantitative estimate of drug-likeness (QED) is 0.382. The highest BCUT2D eigenvalue weighted by molar-refractivity contribution is 6.34. The summed E-state index contributed by atoms with van der Waals surface area (Å²) in [5, 5.41) is 5.72. The molecule has 3 heterocycles. The Bertz CT molecular complexity index is 1510. The molecule has 1 aliphatic heterocycles. The van der Waals surface area contributed by atoms with Crippen molar-refractivity contribution >= 4 is 34.7 Å². The average Bonchev–Trinajstić information content (AvgIpc) is 3.43. The van der Waals surface area contributed by atoms with Gasteiger partial charge in [-0.05, 0) is 18.2 Å². The van der Waals surface area contributed by atoms with E-state index in [0.29, 0.717) is 11.0 Å². The predicted octanol–water partition coefficient (Wildman–Crippen LogP) is 5.06. The number of nitrogens with one attached hydrogen (secondary N) is 1. The Morgan fingerprint density at radius 3 is 2.29 bits per heavy atom. The lowest BCUT2D eigenvalue weighted by atomic mass is 10.0. The third-order valence-electron chi connectivity index (χ3n) is 6.48. The fraction of sp³-hybridized carbons (Fsp3) is 0.391. The molecule has 1 aliphatic rings. The standard InChI is InChI=1S/C23H17ClF10N6O2/c24-12-2-1-9(15-4-11(21(26,27)28)18-19(35)36-8-37-40(15)18)3-10(12)20(42)38-14-7-39(6-13(14)25)17(41)5-16(22(29,30)31)23(32,33)34/h1-4,8,13-14,16H,5-7H2,(H,38,42)(H2,35,36,37)/t13-,14+/m0/s1. The molecule has 2 aromatic heterocycles. The van der Waals surface area contributed by atoms with Gasteiger partial charge >= 0.3 is 18.5 Å². The monoisotopic (exact) mass is 634 g/mol. The molecule has 2 amide bonds. The summed E-state index contributed by atoms with van der Waals surface area (Å²) >= 11 is 6.08. The number of anilines is 1. The van der Waals surface area contributed by atoms with Crippen molar-refractivity contribution in [2.45, 2.75) is 37.2 Å². The molecule has 1 aromatic carbocycles. The van der Waals surface area contributed by atoms with E-state index in [4.69, 9.17) is 17.3 Å². The zero-order valence-electron chi connectivity index (χ0n) is 20.6. The normalized spacial score (nSPS) is 18.2. The van der Waals surface area contributed by atoms with Crippen LogP contribution in [0.1, 0.15) is 22.3 Å². The largest absolute Gasteiger partial charge is 0.418 e. The molecule has 0 spiro atoms. The minimum atomic E-state index is -5.78. The summed E-state index contributed by atoms with van der Waals surface area (Å²) in [7, 11) is 0. The van der Waals surface area contributed by atoms with Gasteiger partial charge in [0.15, 0.2) is 11.7 Å². The van der Waals surface area contributed by atoms with Gasteiger partial charge in [0.05, 0.1) is 34.4 Å². The topological polar surface area (TPSA) is 106 Å². The van der Waals surface area contributed by atoms with E-state index in [1.807, 2.05) is 0 Å². The predicted molar refractivity (Wildman–Crippen MR) is 126 cm³/mol. The molecular weight excluding hydrogens is 618 g/mol. The van der Waals surface area contributed by atoms with Gasteiger partial charge in [-0.2, -0.15) is 44.6 Å². The molecule has 2 atom stereocenters. The number of carbonyl (C=O) groups excluding carboxylic acids is 2. The zero-order valence-corrected chi connectivity index (χ0v) is 21.3. The summed E-state index contributed by atoms with van der Waals surface area (Å²) in [6, 6.07) is 2.62. The molecule has 8 nitrogen and oxygen atoms in total. The molecule has 0 bridgehead atoms. The summed E-state index contributed by atoms with van der Waals surface area (Å²) in [4.78, 5) is 29.1. The fourth-order valence-corrected chi connectivity index (χ4v) is 4.62. The van der Waals surface area contributed by atoms with Gasteiger partial charge in [0.25, 0.3) is 5.91 Å². The lowest BCUT2D eigenvalue weighted by Gasteiger charge is -2.25. The van der Waals surface area contributed by atoms with Crippen LogP contribution in [-0.4, -0.2) is 69.0 Å². The minimum Gasteiger partial charge on any atom is -0.382 e. The number of benzene rings is 1. The molecule has 0 saturated carbocycles. The van der Waals surface area contributed by atoms with E-state index in [2.05, 4.69) is 15.4 Å². The SMILES string of the molecule is Nc1ncnn2c(-c3ccc(Cl)c(C(=O)N[C@@H]4CN(C(=O)CC(C(F)(F)F)C(F)(F)F)C[C@@H]4F)c3)cc(C(F)(F)F)c12. The van der Waals surface area contributed by atoms with E-state index in [9.17, 15) is 53.5 Å². The van der Waals surface area contributed by atoms with Crippen molar-refractivity contribution in [2.75, 3.05) is 18.8 Å². The number of amides is 2. The maximum Gasteiger partial charge on any atom is 0.418 e. The van der Waals surface area contributed by atoms with Gasteiger partial charge in [-0.3, -0.25) is 9.59 Å². The maximum absolute atomic E-state index is 14.6. The van der Waals surface area contributed by atoms with E-state index in [1.165, 1.54) is 6.07 Å². The van der Waals surface area contributed by atoms with Crippen LogP contribution in [-0.2, 0) is 11.0 Å². The van der Waals surface area contributed by atoms with E-state index in [1.54, 1.807) is 0 Å². The van der Waals surface area contributed by atoms with Crippen LogP contribution in [0.5, 0.6) is 0 Å². The molecule has 0 radical (unpaired) electrons. The second-order valence-electron chi connectivity index (χ2n) is 9.28. The molecule has 3 aromatic rings. The summed E-state index contributed by atoms with van der Waals surface area (Å²) in [5.74, 6) is -7.16. The zero-order chi connectivity index (χ0) is 31.4. The van der Waals surface area contributed by atoms with Gasteiger partial charge in [0.1, 0.15) is 18.0 Å². The first-order valence-electron chi connectivity index (χ1n) is 11.6. The maximum atomic E-state index is 14.6. The van der Waals surface area contributed by atoms with Crippen LogP contribution in [0.15, 0.2) is 30.6 Å². The number of hydrogen-bond donors (Lipinski definition) is 2. The highest BCUT2D eigenvalue weighted by atomic mass is 35.5. The van der Waals surface area contributed by atoms with Gasteiger partial charge in [0, 0.05) is 18.5 Å². The molecule has 3 N–H and O–H groups in total. The number of likely N-dealkylation sites (tertiary alicyclic amines) is 1. The number of fused-ring (bicyclic) bond motifs is 1. The molecule has 228 valence electrons. The Balaban J connectivity index is 1.56. The van der Waals surface area contributed by atoms with Crippen molar-refractivity contribution in [1.82, 2.24) is 24.8 Å². The summed E-state index contributed by atoms with van der Waals surface area (Å²) in [5.41, 5.74) is 3.32. The number of carbonyl (C=O) groups is 2. The fourth-order valence-electron chi connectivity index (χ4n) is 4.42. The molecule has 19 heteroatoms. The van der Waals surface area contributed by atoms with Crippen molar-refractivity contribution in [3.63, 3.8) is 0 Å². The van der Waals surface area contributed by atoms with Crippen LogP contribution in [0.25, 0.3) is 16.8 Å². The Labute approximate surface area is 233 Å². The van der Waals surface area contributed by atoms with Crippen molar-refractivity contribution in [2.24, 2.45) is 5.92 Å². The van der Waals surface area contributed by atoms with Gasteiger partial charge in [-0.15, -0.1) is 0 Å². The molecule has 1 fully saturated rings. The third-order valence-corrected chi connectivity index (χ3v) is 6.81. The van der Waals surface area contributed by atoms with E-state index in [0.717, 1.165) is 23.0 Å². The van der Waals surface area contributed by atoms with Crippen LogP contribution in [0.4, 0.5) is 49.7 Å². The van der Waals surface area contributed by atoms with E-state index < -0.39 is 84.9 Å². The Kier molecular flexibility index (Phi) is 7.98. The summed E-state index contributed by atoms with van der Waals surface area (Å²) in [6.45, 7) is -1.64. The van der Waals surface area contributed by atoms with Crippen LogP contribution in [0, 0.1) is 5.92 Å². The molecule has 1 saturated heterocycles. The first kappa shape index (κ1) is 31.1. The summed E-state index contributed by atoms with van der Waals surface area (Å²) < 4.78 is 133. The number of rotatable bonds is 5. The highest BCUT2D eigenvalue weighted by Gasteiger charge is 2.57. The van der Waals surface area contributed by atoms with Crippen molar-refractivity contribution < 1.29 is 53.5 Å². The summed E-state index contributed by atoms with van der Waals surface area (Å²) in [6.07, 6.45) is -19.6. The van der Waals surface area contributed by atoms with Crippen molar-refractivity contribution in [3.05, 3.63) is 46.7 Å². The van der Waals surface area contributed by atoms with Crippen LogP contribution >= 0.6 is 11.6 Å². The second kappa shape index (κ2) is 10.8. The van der Waals surface area contributed by atoms with Crippen LogP contribution in [0.3, 0.4) is 0 Å². The number of nitrogens with two attached hydrogens (primary N) is 1. The van der Waals surface area contributed by atoms with Gasteiger partial charge in [-0.1, -0.05) is 17.7 Å². The number of aromatic nitrogens is 3. The average molecular weight is 635 g/mol. The van der Waals surface area contributed by atoms with Gasteiger partial charge in [-0.25, -0.2) is 13.9 Å². The first-order valence-corrected chi connectivity index (χ1v) is 12.0. The number of hydrogen-bond acceptors (Lipinski definition) is 5. The molecule has 42 heavy (non-hydrogen) atoms. The Morgan fingerprint density at radius 1 is 1.05 bits per heavy atom. The number of alkyl halides is 10. The smallest absolute Gasteiger partial charge is 0.382 e. The number of nitrogen functional groups attached to an aromatic ring is 1. The molecule has 0 unspecified atom stereocenters.